The molecule has 2 aromatic rings. The Balaban J connectivity index is 2.15. The van der Waals surface area contributed by atoms with Gasteiger partial charge in [0.05, 0.1) is 17.8 Å². The van der Waals surface area contributed by atoms with Gasteiger partial charge < -0.3 is 10.2 Å². The highest BCUT2D eigenvalue weighted by Crippen LogP contribution is 2.36. The third-order valence-electron chi connectivity index (χ3n) is 3.47. The van der Waals surface area contributed by atoms with Crippen molar-refractivity contribution in [3.05, 3.63) is 58.9 Å². The van der Waals surface area contributed by atoms with Crippen LogP contribution in [0.5, 0.6) is 0 Å². The number of amides is 1. The lowest BCUT2D eigenvalue weighted by Crippen LogP contribution is -2.33. The third-order valence-corrected chi connectivity index (χ3v) is 3.70. The molecule has 0 bridgehead atoms. The minimum absolute atomic E-state index is 0.0770. The molecule has 0 aliphatic heterocycles. The van der Waals surface area contributed by atoms with Crippen LogP contribution >= 0.6 is 11.6 Å². The average Bonchev–Trinajstić information content (AvgIpc) is 2.54. The van der Waals surface area contributed by atoms with E-state index in [1.165, 1.54) is 30.3 Å². The van der Waals surface area contributed by atoms with Crippen molar-refractivity contribution >= 4 is 28.9 Å². The number of halogens is 5. The van der Waals surface area contributed by atoms with Gasteiger partial charge in [0, 0.05) is 17.3 Å². The van der Waals surface area contributed by atoms with E-state index in [0.29, 0.717) is 12.2 Å². The molecule has 3 nitrogen and oxygen atoms in total. The molecule has 0 aromatic heterocycles. The highest BCUT2D eigenvalue weighted by Gasteiger charge is 2.34. The van der Waals surface area contributed by atoms with Crippen LogP contribution in [0, 0.1) is 5.82 Å². The minimum atomic E-state index is -4.64. The van der Waals surface area contributed by atoms with Gasteiger partial charge in [-0.2, -0.15) is 13.2 Å². The largest absolute Gasteiger partial charge is 0.418 e. The first-order valence-electron chi connectivity index (χ1n) is 7.38. The van der Waals surface area contributed by atoms with Crippen LogP contribution < -0.4 is 10.2 Å². The molecule has 0 spiro atoms. The zero-order chi connectivity index (χ0) is 18.6. The smallest absolute Gasteiger partial charge is 0.362 e. The number of hydrogen-bond donors (Lipinski definition) is 1. The molecule has 0 unspecified atom stereocenters. The summed E-state index contributed by atoms with van der Waals surface area (Å²) < 4.78 is 52.1. The summed E-state index contributed by atoms with van der Waals surface area (Å²) in [6.07, 6.45) is -4.64. The molecule has 8 heteroatoms. The number of alkyl halides is 3. The summed E-state index contributed by atoms with van der Waals surface area (Å²) in [4.78, 5) is 13.8. The van der Waals surface area contributed by atoms with E-state index < -0.39 is 23.5 Å². The van der Waals surface area contributed by atoms with Crippen LogP contribution in [-0.4, -0.2) is 19.0 Å². The SMILES string of the molecule is CCN(CC(=O)Nc1ccc(Cl)cc1C(F)(F)F)c1ccc(F)cc1. The molecule has 2 rings (SSSR count). The van der Waals surface area contributed by atoms with Crippen LogP contribution in [0.4, 0.5) is 28.9 Å². The van der Waals surface area contributed by atoms with E-state index in [4.69, 9.17) is 11.6 Å². The summed E-state index contributed by atoms with van der Waals surface area (Å²) in [6, 6.07) is 8.62. The van der Waals surface area contributed by atoms with Crippen molar-refractivity contribution in [3.63, 3.8) is 0 Å². The van der Waals surface area contributed by atoms with Crippen molar-refractivity contribution < 1.29 is 22.4 Å². The molecule has 1 amide bonds. The number of nitrogens with one attached hydrogen (secondary N) is 1. The van der Waals surface area contributed by atoms with Gasteiger partial charge in [-0.3, -0.25) is 4.79 Å². The molecule has 0 saturated heterocycles. The van der Waals surface area contributed by atoms with Crippen molar-refractivity contribution in [1.29, 1.82) is 0 Å². The Labute approximate surface area is 147 Å². The fraction of sp³-hybridized carbons (Fsp3) is 0.235. The quantitative estimate of drug-likeness (QED) is 0.750. The number of likely N-dealkylation sites (N-methyl/N-ethyl adjacent to an activating group) is 1. The van der Waals surface area contributed by atoms with Crippen molar-refractivity contribution in [2.24, 2.45) is 0 Å². The number of carbonyl (C=O) groups excluding carboxylic acids is 1. The van der Waals surface area contributed by atoms with Gasteiger partial charge >= 0.3 is 6.18 Å². The standard InChI is InChI=1S/C17H15ClF4N2O/c1-2-24(13-6-4-12(19)5-7-13)10-16(25)23-15-8-3-11(18)9-14(15)17(20,21)22/h3-9H,2,10H2,1H3,(H,23,25). The Hall–Kier alpha value is -2.28. The molecule has 25 heavy (non-hydrogen) atoms. The molecule has 0 fully saturated rings. The summed E-state index contributed by atoms with van der Waals surface area (Å²) in [5.41, 5.74) is -0.790. The molecular formula is C17H15ClF4N2O. The van der Waals surface area contributed by atoms with Crippen LogP contribution in [-0.2, 0) is 11.0 Å². The lowest BCUT2D eigenvalue weighted by molar-refractivity contribution is -0.137. The second kappa shape index (κ2) is 7.74. The number of benzene rings is 2. The normalized spacial score (nSPS) is 11.3. The van der Waals surface area contributed by atoms with Gasteiger partial charge in [0.25, 0.3) is 0 Å². The highest BCUT2D eigenvalue weighted by atomic mass is 35.5. The molecule has 0 aliphatic carbocycles. The first kappa shape index (κ1) is 19.1. The monoisotopic (exact) mass is 374 g/mol. The number of carbonyl (C=O) groups is 1. The van der Waals surface area contributed by atoms with E-state index in [1.807, 2.05) is 0 Å². The Morgan fingerprint density at radius 1 is 1.16 bits per heavy atom. The molecule has 1 N–H and O–H groups in total. The summed E-state index contributed by atoms with van der Waals surface area (Å²) in [5.74, 6) is -1.04. The molecule has 0 radical (unpaired) electrons. The van der Waals surface area contributed by atoms with E-state index in [-0.39, 0.29) is 17.3 Å². The molecular weight excluding hydrogens is 360 g/mol. The predicted molar refractivity (Wildman–Crippen MR) is 89.4 cm³/mol. The van der Waals surface area contributed by atoms with Gasteiger partial charge in [-0.15, -0.1) is 0 Å². The Morgan fingerprint density at radius 2 is 1.80 bits per heavy atom. The fourth-order valence-electron chi connectivity index (χ4n) is 2.26. The van der Waals surface area contributed by atoms with E-state index in [1.54, 1.807) is 11.8 Å². The Kier molecular flexibility index (Phi) is 5.89. The van der Waals surface area contributed by atoms with Crippen LogP contribution in [0.25, 0.3) is 0 Å². The van der Waals surface area contributed by atoms with Crippen molar-refractivity contribution in [2.45, 2.75) is 13.1 Å². The lowest BCUT2D eigenvalue weighted by Gasteiger charge is -2.23. The molecule has 0 saturated carbocycles. The first-order chi connectivity index (χ1) is 11.7. The first-order valence-corrected chi connectivity index (χ1v) is 7.75. The summed E-state index contributed by atoms with van der Waals surface area (Å²) in [5, 5.41) is 2.18. The Morgan fingerprint density at radius 3 is 2.36 bits per heavy atom. The van der Waals surface area contributed by atoms with Gasteiger partial charge in [-0.1, -0.05) is 11.6 Å². The van der Waals surface area contributed by atoms with Crippen LogP contribution in [0.2, 0.25) is 5.02 Å². The second-order valence-corrected chi connectivity index (χ2v) is 5.66. The fourth-order valence-corrected chi connectivity index (χ4v) is 2.43. The van der Waals surface area contributed by atoms with E-state index in [2.05, 4.69) is 5.32 Å². The Bertz CT molecular complexity index is 747. The third kappa shape index (κ3) is 5.09. The number of nitrogens with zero attached hydrogens (tertiary/aromatic N) is 1. The molecule has 134 valence electrons. The maximum atomic E-state index is 13.1. The molecule has 0 heterocycles. The average molecular weight is 375 g/mol. The zero-order valence-electron chi connectivity index (χ0n) is 13.2. The van der Waals surface area contributed by atoms with Crippen molar-refractivity contribution in [3.8, 4) is 0 Å². The number of hydrogen-bond acceptors (Lipinski definition) is 2. The van der Waals surface area contributed by atoms with Gasteiger partial charge in [0.1, 0.15) is 5.82 Å². The maximum Gasteiger partial charge on any atom is 0.418 e. The second-order valence-electron chi connectivity index (χ2n) is 5.23. The topological polar surface area (TPSA) is 32.3 Å². The number of anilines is 2. The zero-order valence-corrected chi connectivity index (χ0v) is 14.0. The van der Waals surface area contributed by atoms with Crippen LogP contribution in [0.3, 0.4) is 0 Å². The molecule has 0 aliphatic rings. The van der Waals surface area contributed by atoms with Gasteiger partial charge in [-0.05, 0) is 49.4 Å². The van der Waals surface area contributed by atoms with Gasteiger partial charge in [-0.25, -0.2) is 4.39 Å². The summed E-state index contributed by atoms with van der Waals surface area (Å²) >= 11 is 5.61. The minimum Gasteiger partial charge on any atom is -0.362 e. The lowest BCUT2D eigenvalue weighted by atomic mass is 10.1. The van der Waals surface area contributed by atoms with E-state index >= 15 is 0 Å². The van der Waals surface area contributed by atoms with Gasteiger partial charge in [0.15, 0.2) is 0 Å². The highest BCUT2D eigenvalue weighted by molar-refractivity contribution is 6.30. The van der Waals surface area contributed by atoms with E-state index in [9.17, 15) is 22.4 Å². The van der Waals surface area contributed by atoms with Crippen molar-refractivity contribution in [2.75, 3.05) is 23.3 Å². The predicted octanol–water partition coefficient (Wildman–Crippen LogP) is 4.96. The molecule has 2 aromatic carbocycles. The number of rotatable bonds is 5. The summed E-state index contributed by atoms with van der Waals surface area (Å²) in [6.45, 7) is 2.02. The summed E-state index contributed by atoms with van der Waals surface area (Å²) in [7, 11) is 0. The van der Waals surface area contributed by atoms with Crippen LogP contribution in [0.15, 0.2) is 42.5 Å². The van der Waals surface area contributed by atoms with Gasteiger partial charge in [0.2, 0.25) is 5.91 Å². The maximum absolute atomic E-state index is 13.1. The van der Waals surface area contributed by atoms with Crippen molar-refractivity contribution in [1.82, 2.24) is 0 Å². The molecule has 0 atom stereocenters. The van der Waals surface area contributed by atoms with Crippen LogP contribution in [0.1, 0.15) is 12.5 Å². The van der Waals surface area contributed by atoms with E-state index in [0.717, 1.165) is 12.1 Å².